The molecule has 0 aromatic rings. The zero-order chi connectivity index (χ0) is 12.0. The standard InChI is InChI=1S/C8H18N4O2S2/c1-16(13,14)11-3-2-10-8(9)12-4-6-15-7-5-12/h11H,2-7H2,1H3,(H2,9,10). The fourth-order valence-electron chi connectivity index (χ4n) is 1.29. The van der Waals surface area contributed by atoms with E-state index in [1.165, 1.54) is 0 Å². The Morgan fingerprint density at radius 1 is 1.50 bits per heavy atom. The Morgan fingerprint density at radius 3 is 2.69 bits per heavy atom. The zero-order valence-corrected chi connectivity index (χ0v) is 11.0. The normalized spacial score (nSPS) is 18.8. The fraction of sp³-hybridized carbons (Fsp3) is 0.875. The molecular formula is C8H18N4O2S2. The molecule has 0 atom stereocenters. The maximum atomic E-state index is 10.8. The van der Waals surface area contributed by atoms with Gasteiger partial charge in [0.15, 0.2) is 5.96 Å². The van der Waals surface area contributed by atoms with E-state index in [-0.39, 0.29) is 0 Å². The fourth-order valence-corrected chi connectivity index (χ4v) is 2.66. The van der Waals surface area contributed by atoms with E-state index in [1.807, 2.05) is 16.7 Å². The summed E-state index contributed by atoms with van der Waals surface area (Å²) in [5.74, 6) is 2.64. The lowest BCUT2D eigenvalue weighted by atomic mass is 10.5. The van der Waals surface area contributed by atoms with Gasteiger partial charge in [0.2, 0.25) is 10.0 Å². The van der Waals surface area contributed by atoms with Crippen LogP contribution in [0.2, 0.25) is 0 Å². The third kappa shape index (κ3) is 5.57. The number of sulfonamides is 1. The molecule has 0 aromatic carbocycles. The van der Waals surface area contributed by atoms with Gasteiger partial charge >= 0.3 is 0 Å². The first kappa shape index (κ1) is 13.6. The van der Waals surface area contributed by atoms with E-state index in [0.29, 0.717) is 19.0 Å². The van der Waals surface area contributed by atoms with E-state index in [4.69, 9.17) is 5.73 Å². The van der Waals surface area contributed by atoms with Gasteiger partial charge in [0.1, 0.15) is 0 Å². The van der Waals surface area contributed by atoms with E-state index in [9.17, 15) is 8.42 Å². The van der Waals surface area contributed by atoms with Gasteiger partial charge in [0.25, 0.3) is 0 Å². The van der Waals surface area contributed by atoms with E-state index in [1.54, 1.807) is 0 Å². The Hall–Kier alpha value is -0.470. The highest BCUT2D eigenvalue weighted by molar-refractivity contribution is 7.99. The van der Waals surface area contributed by atoms with Crippen LogP contribution in [0, 0.1) is 0 Å². The minimum Gasteiger partial charge on any atom is -0.370 e. The minimum atomic E-state index is -3.12. The number of nitrogens with one attached hydrogen (secondary N) is 1. The molecule has 1 heterocycles. The van der Waals surface area contributed by atoms with Crippen molar-refractivity contribution in [2.24, 2.45) is 10.7 Å². The van der Waals surface area contributed by atoms with E-state index in [2.05, 4.69) is 9.71 Å². The maximum Gasteiger partial charge on any atom is 0.208 e. The minimum absolute atomic E-state index is 0.294. The molecule has 16 heavy (non-hydrogen) atoms. The molecule has 0 spiro atoms. The van der Waals surface area contributed by atoms with Gasteiger partial charge in [-0.1, -0.05) is 0 Å². The van der Waals surface area contributed by atoms with Crippen molar-refractivity contribution in [2.45, 2.75) is 0 Å². The van der Waals surface area contributed by atoms with Crippen LogP contribution in [0.25, 0.3) is 0 Å². The number of rotatable bonds is 4. The van der Waals surface area contributed by atoms with E-state index >= 15 is 0 Å². The number of aliphatic imine (C=N–C) groups is 1. The van der Waals surface area contributed by atoms with Crippen LogP contribution in [-0.4, -0.2) is 63.2 Å². The Labute approximate surface area is 101 Å². The van der Waals surface area contributed by atoms with Crippen molar-refractivity contribution in [1.82, 2.24) is 9.62 Å². The molecule has 1 fully saturated rings. The quantitative estimate of drug-likeness (QED) is 0.383. The predicted octanol–water partition coefficient (Wildman–Crippen LogP) is -1.10. The lowest BCUT2D eigenvalue weighted by Crippen LogP contribution is -2.43. The number of hydrogen-bond acceptors (Lipinski definition) is 4. The van der Waals surface area contributed by atoms with Crippen molar-refractivity contribution in [3.05, 3.63) is 0 Å². The molecule has 1 aliphatic rings. The molecule has 0 amide bonds. The lowest BCUT2D eigenvalue weighted by molar-refractivity contribution is 0.456. The highest BCUT2D eigenvalue weighted by atomic mass is 32.2. The third-order valence-corrected chi connectivity index (χ3v) is 3.76. The third-order valence-electron chi connectivity index (χ3n) is 2.08. The van der Waals surface area contributed by atoms with E-state index in [0.717, 1.165) is 30.9 Å². The van der Waals surface area contributed by atoms with Crippen molar-refractivity contribution in [3.8, 4) is 0 Å². The maximum absolute atomic E-state index is 10.8. The molecule has 0 aliphatic carbocycles. The van der Waals surface area contributed by atoms with Crippen LogP contribution in [0.1, 0.15) is 0 Å². The topological polar surface area (TPSA) is 87.8 Å². The van der Waals surface area contributed by atoms with Crippen molar-refractivity contribution in [2.75, 3.05) is 43.9 Å². The molecule has 1 saturated heterocycles. The number of thioether (sulfide) groups is 1. The molecule has 6 nitrogen and oxygen atoms in total. The molecular weight excluding hydrogens is 248 g/mol. The molecule has 0 saturated carbocycles. The Bertz CT molecular complexity index is 336. The van der Waals surface area contributed by atoms with E-state index < -0.39 is 10.0 Å². The summed E-state index contributed by atoms with van der Waals surface area (Å²) in [5, 5.41) is 0. The zero-order valence-electron chi connectivity index (χ0n) is 9.35. The molecule has 0 radical (unpaired) electrons. The van der Waals surface area contributed by atoms with Gasteiger partial charge in [0.05, 0.1) is 12.8 Å². The summed E-state index contributed by atoms with van der Waals surface area (Å²) >= 11 is 1.90. The van der Waals surface area contributed by atoms with Crippen LogP contribution in [0.4, 0.5) is 0 Å². The molecule has 94 valence electrons. The summed E-state index contributed by atoms with van der Waals surface area (Å²) in [5.41, 5.74) is 5.79. The van der Waals surface area contributed by atoms with Crippen LogP contribution < -0.4 is 10.5 Å². The largest absolute Gasteiger partial charge is 0.370 e. The molecule has 8 heteroatoms. The van der Waals surface area contributed by atoms with Crippen molar-refractivity contribution >= 4 is 27.7 Å². The van der Waals surface area contributed by atoms with Gasteiger partial charge in [-0.05, 0) is 0 Å². The highest BCUT2D eigenvalue weighted by Crippen LogP contribution is 2.08. The molecule has 0 unspecified atom stereocenters. The second-order valence-electron chi connectivity index (χ2n) is 3.51. The predicted molar refractivity (Wildman–Crippen MR) is 68.2 cm³/mol. The summed E-state index contributed by atoms with van der Waals surface area (Å²) in [4.78, 5) is 6.16. The van der Waals surface area contributed by atoms with Crippen LogP contribution in [0.15, 0.2) is 4.99 Å². The van der Waals surface area contributed by atoms with Crippen LogP contribution >= 0.6 is 11.8 Å². The van der Waals surface area contributed by atoms with Crippen LogP contribution in [0.3, 0.4) is 0 Å². The smallest absolute Gasteiger partial charge is 0.208 e. The number of hydrogen-bond donors (Lipinski definition) is 2. The van der Waals surface area contributed by atoms with Crippen molar-refractivity contribution in [1.29, 1.82) is 0 Å². The van der Waals surface area contributed by atoms with Crippen LogP contribution in [-0.2, 0) is 10.0 Å². The molecule has 1 aliphatic heterocycles. The van der Waals surface area contributed by atoms with Crippen LogP contribution in [0.5, 0.6) is 0 Å². The lowest BCUT2D eigenvalue weighted by Gasteiger charge is -2.27. The molecule has 1 rings (SSSR count). The molecule has 0 bridgehead atoms. The van der Waals surface area contributed by atoms with Gasteiger partial charge in [-0.15, -0.1) is 0 Å². The Morgan fingerprint density at radius 2 is 2.12 bits per heavy atom. The summed E-state index contributed by atoms with van der Waals surface area (Å²) in [6.45, 7) is 2.50. The van der Waals surface area contributed by atoms with Gasteiger partial charge < -0.3 is 10.6 Å². The summed E-state index contributed by atoms with van der Waals surface area (Å²) < 4.78 is 23.9. The second kappa shape index (κ2) is 6.31. The number of guanidine groups is 1. The number of nitrogens with zero attached hydrogens (tertiary/aromatic N) is 2. The van der Waals surface area contributed by atoms with Gasteiger partial charge in [0, 0.05) is 31.1 Å². The average molecular weight is 266 g/mol. The highest BCUT2D eigenvalue weighted by Gasteiger charge is 2.11. The molecule has 0 aromatic heterocycles. The second-order valence-corrected chi connectivity index (χ2v) is 6.56. The summed E-state index contributed by atoms with van der Waals surface area (Å²) in [7, 11) is -3.12. The summed E-state index contributed by atoms with van der Waals surface area (Å²) in [6, 6.07) is 0. The summed E-state index contributed by atoms with van der Waals surface area (Å²) in [6.07, 6.45) is 1.13. The first-order chi connectivity index (χ1) is 7.49. The first-order valence-corrected chi connectivity index (χ1v) is 8.11. The molecule has 3 N–H and O–H groups in total. The Balaban J connectivity index is 2.27. The first-order valence-electron chi connectivity index (χ1n) is 5.06. The van der Waals surface area contributed by atoms with Crippen molar-refractivity contribution < 1.29 is 8.42 Å². The monoisotopic (exact) mass is 266 g/mol. The van der Waals surface area contributed by atoms with Gasteiger partial charge in [-0.2, -0.15) is 11.8 Å². The van der Waals surface area contributed by atoms with Gasteiger partial charge in [-0.25, -0.2) is 13.1 Å². The SMILES string of the molecule is CS(=O)(=O)NCCN=C(N)N1CCSCC1. The number of nitrogens with two attached hydrogens (primary N) is 1. The average Bonchev–Trinajstić information content (AvgIpc) is 2.24. The Kier molecular flexibility index (Phi) is 5.36. The van der Waals surface area contributed by atoms with Gasteiger partial charge in [-0.3, -0.25) is 4.99 Å². The van der Waals surface area contributed by atoms with Crippen molar-refractivity contribution in [3.63, 3.8) is 0 Å².